The van der Waals surface area contributed by atoms with Crippen molar-refractivity contribution in [2.24, 2.45) is 29.6 Å². The second-order valence-corrected chi connectivity index (χ2v) is 10.8. The number of nitro groups is 2. The molecule has 0 radical (unpaired) electrons. The molecule has 0 N–H and O–H groups in total. The van der Waals surface area contributed by atoms with Gasteiger partial charge in [0.1, 0.15) is 11.4 Å². The van der Waals surface area contributed by atoms with Gasteiger partial charge in [0.25, 0.3) is 11.4 Å². The lowest BCUT2D eigenvalue weighted by molar-refractivity contribution is -0.384. The third-order valence-corrected chi connectivity index (χ3v) is 9.07. The number of para-hydroxylation sites is 4. The number of nitrogens with zero attached hydrogens (tertiary/aromatic N) is 4. The van der Waals surface area contributed by atoms with Crippen molar-refractivity contribution in [3.63, 3.8) is 0 Å². The lowest BCUT2D eigenvalue weighted by Crippen LogP contribution is -2.60. The molecule has 2 bridgehead atoms. The fourth-order valence-electron chi connectivity index (χ4n) is 7.57. The quantitative estimate of drug-likeness (QED) is 0.197. The number of imide groups is 2. The topological polar surface area (TPSA) is 161 Å². The van der Waals surface area contributed by atoms with Crippen LogP contribution in [0.2, 0.25) is 0 Å². The van der Waals surface area contributed by atoms with Gasteiger partial charge in [-0.05, 0) is 17.7 Å². The highest BCUT2D eigenvalue weighted by molar-refractivity contribution is 6.28. The molecule has 5 aliphatic rings. The van der Waals surface area contributed by atoms with Crippen LogP contribution >= 0.6 is 0 Å². The third-order valence-electron chi connectivity index (χ3n) is 9.07. The molecular formula is C30H20N4O8. The Hall–Kier alpha value is -5.52. The van der Waals surface area contributed by atoms with E-state index in [1.54, 1.807) is 42.5 Å². The zero-order chi connectivity index (χ0) is 29.5. The summed E-state index contributed by atoms with van der Waals surface area (Å²) in [5.41, 5.74) is -2.18. The second-order valence-electron chi connectivity index (χ2n) is 10.8. The highest BCUT2D eigenvalue weighted by atomic mass is 16.6. The molecule has 12 heteroatoms. The summed E-state index contributed by atoms with van der Waals surface area (Å²) in [6, 6.07) is 19.5. The number of nitro benzene ring substituents is 2. The van der Waals surface area contributed by atoms with E-state index in [1.807, 2.05) is 0 Å². The molecule has 2 aliphatic heterocycles. The van der Waals surface area contributed by atoms with E-state index in [0.717, 1.165) is 9.80 Å². The highest BCUT2D eigenvalue weighted by Crippen LogP contribution is 2.65. The van der Waals surface area contributed by atoms with Gasteiger partial charge in [-0.3, -0.25) is 39.4 Å². The fraction of sp³-hybridized carbons (Fsp3) is 0.200. The second kappa shape index (κ2) is 8.74. The van der Waals surface area contributed by atoms with Gasteiger partial charge in [-0.25, -0.2) is 9.80 Å². The van der Waals surface area contributed by atoms with E-state index in [2.05, 4.69) is 0 Å². The maximum absolute atomic E-state index is 14.3. The number of hydrogen-bond donors (Lipinski definition) is 0. The summed E-state index contributed by atoms with van der Waals surface area (Å²) in [6.07, 6.45) is 3.38. The van der Waals surface area contributed by atoms with Crippen molar-refractivity contribution >= 4 is 46.4 Å². The zero-order valence-corrected chi connectivity index (χ0v) is 21.6. The molecule has 2 saturated heterocycles. The molecule has 208 valence electrons. The van der Waals surface area contributed by atoms with Crippen LogP contribution in [-0.2, 0) is 24.6 Å². The minimum absolute atomic E-state index is 0.182. The largest absolute Gasteiger partial charge is 0.293 e. The smallest absolute Gasteiger partial charge is 0.274 e. The van der Waals surface area contributed by atoms with Crippen LogP contribution in [0.25, 0.3) is 0 Å². The van der Waals surface area contributed by atoms with Gasteiger partial charge in [-0.15, -0.1) is 0 Å². The van der Waals surface area contributed by atoms with E-state index < -0.39 is 79.9 Å². The molecule has 4 amide bonds. The standard InChI is InChI=1S/C30H20N4O8/c35-26-22-17-14-15-30(16-8-2-1-3-9-16,24(22)28(37)31(26)18-10-4-6-12-20(18)33(39)40)25-23(17)27(36)32(29(25)38)19-11-5-7-13-21(19)34(41)42/h1-15,17,22-25H/t17?,22-,23+,24+,25-,30?. The van der Waals surface area contributed by atoms with Crippen LogP contribution < -0.4 is 9.80 Å². The molecule has 0 aromatic heterocycles. The van der Waals surface area contributed by atoms with Crippen molar-refractivity contribution < 1.29 is 29.0 Å². The van der Waals surface area contributed by atoms with E-state index in [4.69, 9.17) is 0 Å². The van der Waals surface area contributed by atoms with Gasteiger partial charge in [0.15, 0.2) is 0 Å². The van der Waals surface area contributed by atoms with Crippen molar-refractivity contribution in [1.82, 2.24) is 0 Å². The van der Waals surface area contributed by atoms with E-state index in [0.29, 0.717) is 5.56 Å². The van der Waals surface area contributed by atoms with Crippen molar-refractivity contribution in [1.29, 1.82) is 0 Å². The van der Waals surface area contributed by atoms with Crippen LogP contribution in [0.15, 0.2) is 91.0 Å². The minimum Gasteiger partial charge on any atom is -0.274 e. The third kappa shape index (κ3) is 3.05. The van der Waals surface area contributed by atoms with Gasteiger partial charge in [0.05, 0.1) is 33.5 Å². The van der Waals surface area contributed by atoms with Crippen LogP contribution in [0.1, 0.15) is 5.56 Å². The van der Waals surface area contributed by atoms with Crippen molar-refractivity contribution in [2.45, 2.75) is 5.41 Å². The Morgan fingerprint density at radius 1 is 0.595 bits per heavy atom. The Morgan fingerprint density at radius 2 is 1.02 bits per heavy atom. The summed E-state index contributed by atoms with van der Waals surface area (Å²) < 4.78 is 0. The van der Waals surface area contributed by atoms with Crippen LogP contribution in [0.4, 0.5) is 22.7 Å². The number of amides is 4. The van der Waals surface area contributed by atoms with Crippen molar-refractivity contribution in [3.05, 3.63) is 117 Å². The van der Waals surface area contributed by atoms with Gasteiger partial charge >= 0.3 is 0 Å². The first kappa shape index (κ1) is 25.4. The number of benzene rings is 3. The van der Waals surface area contributed by atoms with Crippen LogP contribution in [-0.4, -0.2) is 33.5 Å². The van der Waals surface area contributed by atoms with Gasteiger partial charge in [-0.2, -0.15) is 0 Å². The van der Waals surface area contributed by atoms with Crippen molar-refractivity contribution in [3.8, 4) is 0 Å². The molecule has 3 aromatic rings. The molecule has 3 aromatic carbocycles. The Bertz CT molecular complexity index is 1680. The predicted octanol–water partition coefficient (Wildman–Crippen LogP) is 3.55. The van der Waals surface area contributed by atoms with E-state index in [-0.39, 0.29) is 11.4 Å². The Balaban J connectivity index is 1.44. The first-order valence-corrected chi connectivity index (χ1v) is 13.2. The van der Waals surface area contributed by atoms with Crippen LogP contribution in [0.3, 0.4) is 0 Å². The van der Waals surface area contributed by atoms with Gasteiger partial charge < -0.3 is 0 Å². The summed E-state index contributed by atoms with van der Waals surface area (Å²) in [6.45, 7) is 0. The SMILES string of the molecule is O=C1[C@@H]2C3C=CC(c4ccccc4)([C@@H]2C(=O)N1c1ccccc1[N+](=O)[O-])[C@H]1C(=O)N(c2ccccc2[N+](=O)[O-])C(=O)[C@@H]31. The number of allylic oxidation sites excluding steroid dienone is 2. The molecule has 2 heterocycles. The number of rotatable bonds is 5. The average Bonchev–Trinajstić information content (AvgIpc) is 3.44. The minimum atomic E-state index is -1.47. The summed E-state index contributed by atoms with van der Waals surface area (Å²) in [4.78, 5) is 80.8. The molecule has 1 saturated carbocycles. The Labute approximate surface area is 237 Å². The molecule has 12 nitrogen and oxygen atoms in total. The normalized spacial score (nSPS) is 29.2. The molecule has 3 aliphatic carbocycles. The first-order valence-electron chi connectivity index (χ1n) is 13.2. The highest BCUT2D eigenvalue weighted by Gasteiger charge is 2.75. The van der Waals surface area contributed by atoms with Crippen LogP contribution in [0, 0.1) is 49.8 Å². The Morgan fingerprint density at radius 3 is 1.48 bits per heavy atom. The first-order chi connectivity index (χ1) is 20.2. The summed E-state index contributed by atoms with van der Waals surface area (Å²) in [5.74, 6) is -8.18. The van der Waals surface area contributed by atoms with Crippen molar-refractivity contribution in [2.75, 3.05) is 9.80 Å². The number of carbonyl (C=O) groups excluding carboxylic acids is 4. The monoisotopic (exact) mass is 564 g/mol. The molecule has 2 unspecified atom stereocenters. The number of hydrogen-bond acceptors (Lipinski definition) is 8. The number of anilines is 2. The molecule has 42 heavy (non-hydrogen) atoms. The molecule has 3 fully saturated rings. The lowest BCUT2D eigenvalue weighted by atomic mass is 9.45. The maximum Gasteiger partial charge on any atom is 0.293 e. The van der Waals surface area contributed by atoms with E-state index in [1.165, 1.54) is 48.5 Å². The zero-order valence-electron chi connectivity index (χ0n) is 21.6. The molecule has 8 rings (SSSR count). The van der Waals surface area contributed by atoms with Crippen LogP contribution in [0.5, 0.6) is 0 Å². The summed E-state index contributed by atoms with van der Waals surface area (Å²) in [5, 5.41) is 23.6. The molecular weight excluding hydrogens is 544 g/mol. The number of carbonyl (C=O) groups is 4. The summed E-state index contributed by atoms with van der Waals surface area (Å²) >= 11 is 0. The van der Waals surface area contributed by atoms with Gasteiger partial charge in [-0.1, -0.05) is 66.7 Å². The average molecular weight is 565 g/mol. The van der Waals surface area contributed by atoms with E-state index in [9.17, 15) is 39.4 Å². The summed E-state index contributed by atoms with van der Waals surface area (Å²) in [7, 11) is 0. The van der Waals surface area contributed by atoms with Gasteiger partial charge in [0, 0.05) is 23.5 Å². The Kier molecular flexibility index (Phi) is 5.29. The molecule has 0 spiro atoms. The molecule has 6 atom stereocenters. The predicted molar refractivity (Wildman–Crippen MR) is 146 cm³/mol. The fourth-order valence-corrected chi connectivity index (χ4v) is 7.57. The lowest BCUT2D eigenvalue weighted by Gasteiger charge is -2.53. The maximum atomic E-state index is 14.3. The van der Waals surface area contributed by atoms with Gasteiger partial charge in [0.2, 0.25) is 23.6 Å². The van der Waals surface area contributed by atoms with E-state index >= 15 is 0 Å².